The predicted octanol–water partition coefficient (Wildman–Crippen LogP) is -0.0115. The monoisotopic (exact) mass is 284 g/mol. The van der Waals surface area contributed by atoms with E-state index in [1.807, 2.05) is 6.92 Å². The van der Waals surface area contributed by atoms with Crippen LogP contribution in [-0.4, -0.2) is 57.2 Å². The first-order valence-corrected chi connectivity index (χ1v) is 6.85. The van der Waals surface area contributed by atoms with Gasteiger partial charge in [-0.25, -0.2) is 9.97 Å². The molecule has 0 spiro atoms. The van der Waals surface area contributed by atoms with Gasteiger partial charge in [0.05, 0.1) is 19.8 Å². The van der Waals surface area contributed by atoms with Crippen molar-refractivity contribution < 1.29 is 15.3 Å². The highest BCUT2D eigenvalue weighted by atomic mass is 16.3. The van der Waals surface area contributed by atoms with Crippen LogP contribution in [0.15, 0.2) is 6.07 Å². The molecule has 0 saturated heterocycles. The number of aliphatic hydroxyl groups excluding tert-OH is 3. The van der Waals surface area contributed by atoms with Gasteiger partial charge in [0.25, 0.3) is 0 Å². The van der Waals surface area contributed by atoms with E-state index in [-0.39, 0.29) is 0 Å². The molecule has 0 bridgehead atoms. The average Bonchev–Trinajstić information content (AvgIpc) is 2.50. The third kappa shape index (κ3) is 4.29. The lowest BCUT2D eigenvalue weighted by atomic mass is 10.0. The maximum absolute atomic E-state index is 9.33. The van der Waals surface area contributed by atoms with Crippen LogP contribution in [0.4, 0.5) is 11.6 Å². The van der Waals surface area contributed by atoms with E-state index >= 15 is 0 Å². The first-order valence-electron chi connectivity index (χ1n) is 6.85. The number of nitrogens with zero attached hydrogens (tertiary/aromatic N) is 2. The van der Waals surface area contributed by atoms with Gasteiger partial charge in [0, 0.05) is 19.0 Å². The van der Waals surface area contributed by atoms with E-state index in [1.165, 1.54) is 0 Å². The van der Waals surface area contributed by atoms with Crippen molar-refractivity contribution in [2.75, 3.05) is 37.0 Å². The van der Waals surface area contributed by atoms with Crippen molar-refractivity contribution in [1.29, 1.82) is 0 Å². The lowest BCUT2D eigenvalue weighted by Crippen LogP contribution is -2.49. The topological polar surface area (TPSA) is 111 Å². The molecule has 0 saturated carbocycles. The van der Waals surface area contributed by atoms with E-state index in [4.69, 9.17) is 0 Å². The number of hydrogen-bond donors (Lipinski definition) is 5. The molecule has 0 aliphatic heterocycles. The van der Waals surface area contributed by atoms with Crippen molar-refractivity contribution in [3.05, 3.63) is 11.9 Å². The van der Waals surface area contributed by atoms with Crippen molar-refractivity contribution >= 4 is 11.6 Å². The van der Waals surface area contributed by atoms with Gasteiger partial charge in [-0.05, 0) is 6.42 Å². The summed E-state index contributed by atoms with van der Waals surface area (Å²) in [7, 11) is 0. The third-order valence-electron chi connectivity index (χ3n) is 2.95. The van der Waals surface area contributed by atoms with E-state index in [2.05, 4.69) is 27.5 Å². The van der Waals surface area contributed by atoms with Crippen LogP contribution in [0, 0.1) is 0 Å². The fraction of sp³-hybridized carbons (Fsp3) is 0.692. The van der Waals surface area contributed by atoms with Gasteiger partial charge in [-0.1, -0.05) is 13.8 Å². The fourth-order valence-corrected chi connectivity index (χ4v) is 1.60. The van der Waals surface area contributed by atoms with Gasteiger partial charge < -0.3 is 26.0 Å². The zero-order valence-corrected chi connectivity index (χ0v) is 12.1. The van der Waals surface area contributed by atoms with Crippen molar-refractivity contribution in [2.24, 2.45) is 0 Å². The SMILES string of the molecule is CCCNc1cc(NC(CO)(CO)CO)nc(CC)n1. The normalized spacial score (nSPS) is 11.4. The summed E-state index contributed by atoms with van der Waals surface area (Å²) >= 11 is 0. The highest BCUT2D eigenvalue weighted by molar-refractivity contribution is 5.49. The molecule has 0 fully saturated rings. The fourth-order valence-electron chi connectivity index (χ4n) is 1.60. The van der Waals surface area contributed by atoms with Crippen LogP contribution in [0.2, 0.25) is 0 Å². The molecule has 0 aliphatic rings. The van der Waals surface area contributed by atoms with Crippen molar-refractivity contribution in [2.45, 2.75) is 32.2 Å². The molecule has 1 rings (SSSR count). The highest BCUT2D eigenvalue weighted by Gasteiger charge is 2.28. The van der Waals surface area contributed by atoms with Crippen LogP contribution < -0.4 is 10.6 Å². The molecule has 7 heteroatoms. The summed E-state index contributed by atoms with van der Waals surface area (Å²) in [4.78, 5) is 8.64. The van der Waals surface area contributed by atoms with Crippen LogP contribution in [0.25, 0.3) is 0 Å². The molecule has 0 aromatic carbocycles. The minimum Gasteiger partial charge on any atom is -0.394 e. The standard InChI is InChI=1S/C13H24N4O3/c1-3-5-14-11-6-12(16-10(4-2)15-11)17-13(7-18,8-19)9-20/h6,18-20H,3-5,7-9H2,1-2H3,(H2,14,15,16,17). The molecular formula is C13H24N4O3. The molecule has 1 aromatic rings. The highest BCUT2D eigenvalue weighted by Crippen LogP contribution is 2.17. The molecule has 0 unspecified atom stereocenters. The quantitative estimate of drug-likeness (QED) is 0.434. The van der Waals surface area contributed by atoms with Gasteiger partial charge in [0.2, 0.25) is 0 Å². The Morgan fingerprint density at radius 2 is 1.65 bits per heavy atom. The second-order valence-corrected chi connectivity index (χ2v) is 4.71. The average molecular weight is 284 g/mol. The smallest absolute Gasteiger partial charge is 0.132 e. The Morgan fingerprint density at radius 1 is 1.05 bits per heavy atom. The molecule has 0 radical (unpaired) electrons. The predicted molar refractivity (Wildman–Crippen MR) is 77.8 cm³/mol. The van der Waals surface area contributed by atoms with Crippen molar-refractivity contribution in [3.63, 3.8) is 0 Å². The molecule has 1 heterocycles. The van der Waals surface area contributed by atoms with Crippen LogP contribution in [0.5, 0.6) is 0 Å². The Labute approximate surface area is 119 Å². The molecule has 114 valence electrons. The third-order valence-corrected chi connectivity index (χ3v) is 2.95. The van der Waals surface area contributed by atoms with E-state index < -0.39 is 25.4 Å². The Morgan fingerprint density at radius 3 is 2.15 bits per heavy atom. The number of anilines is 2. The van der Waals surface area contributed by atoms with Crippen LogP contribution in [0.1, 0.15) is 26.1 Å². The molecule has 1 aromatic heterocycles. The summed E-state index contributed by atoms with van der Waals surface area (Å²) in [5.74, 6) is 1.80. The first kappa shape index (κ1) is 16.6. The Hall–Kier alpha value is -1.44. The summed E-state index contributed by atoms with van der Waals surface area (Å²) in [5, 5.41) is 34.1. The van der Waals surface area contributed by atoms with Gasteiger partial charge in [-0.3, -0.25) is 0 Å². The maximum atomic E-state index is 9.33. The van der Waals surface area contributed by atoms with Gasteiger partial charge in [-0.15, -0.1) is 0 Å². The summed E-state index contributed by atoms with van der Waals surface area (Å²) in [6.07, 6.45) is 1.64. The van der Waals surface area contributed by atoms with E-state index in [0.29, 0.717) is 23.9 Å². The lowest BCUT2D eigenvalue weighted by Gasteiger charge is -2.29. The zero-order valence-electron chi connectivity index (χ0n) is 12.1. The number of aromatic nitrogens is 2. The van der Waals surface area contributed by atoms with Gasteiger partial charge in [0.15, 0.2) is 0 Å². The summed E-state index contributed by atoms with van der Waals surface area (Å²) in [5.41, 5.74) is -1.19. The van der Waals surface area contributed by atoms with E-state index in [0.717, 1.165) is 13.0 Å². The minimum atomic E-state index is -1.19. The number of aryl methyl sites for hydroxylation is 1. The van der Waals surface area contributed by atoms with Gasteiger partial charge in [-0.2, -0.15) is 0 Å². The van der Waals surface area contributed by atoms with Gasteiger partial charge in [0.1, 0.15) is 23.0 Å². The molecule has 5 N–H and O–H groups in total. The molecule has 0 atom stereocenters. The number of rotatable bonds is 9. The molecule has 0 amide bonds. The largest absolute Gasteiger partial charge is 0.394 e. The summed E-state index contributed by atoms with van der Waals surface area (Å²) < 4.78 is 0. The summed E-state index contributed by atoms with van der Waals surface area (Å²) in [6, 6.07) is 1.70. The van der Waals surface area contributed by atoms with Gasteiger partial charge >= 0.3 is 0 Å². The Kier molecular flexibility index (Phi) is 6.63. The zero-order chi connectivity index (χ0) is 15.0. The molecule has 0 aliphatic carbocycles. The Bertz CT molecular complexity index is 402. The molecular weight excluding hydrogens is 260 g/mol. The van der Waals surface area contributed by atoms with E-state index in [1.54, 1.807) is 6.07 Å². The lowest BCUT2D eigenvalue weighted by molar-refractivity contribution is 0.0831. The Balaban J connectivity index is 2.98. The minimum absolute atomic E-state index is 0.400. The second kappa shape index (κ2) is 7.98. The van der Waals surface area contributed by atoms with Crippen LogP contribution in [-0.2, 0) is 6.42 Å². The number of hydrogen-bond acceptors (Lipinski definition) is 7. The second-order valence-electron chi connectivity index (χ2n) is 4.71. The van der Waals surface area contributed by atoms with Crippen molar-refractivity contribution in [1.82, 2.24) is 9.97 Å². The molecule has 7 nitrogen and oxygen atoms in total. The van der Waals surface area contributed by atoms with Crippen LogP contribution >= 0.6 is 0 Å². The number of aliphatic hydroxyl groups is 3. The summed E-state index contributed by atoms with van der Waals surface area (Å²) in [6.45, 7) is 3.60. The molecule has 20 heavy (non-hydrogen) atoms. The number of nitrogens with one attached hydrogen (secondary N) is 2. The van der Waals surface area contributed by atoms with E-state index in [9.17, 15) is 15.3 Å². The first-order chi connectivity index (χ1) is 9.62. The van der Waals surface area contributed by atoms with Crippen molar-refractivity contribution in [3.8, 4) is 0 Å². The van der Waals surface area contributed by atoms with Crippen LogP contribution in [0.3, 0.4) is 0 Å². The maximum Gasteiger partial charge on any atom is 0.132 e.